The molecular weight excluding hydrogens is 348 g/mol. The normalized spacial score (nSPS) is 14.9. The number of carboxylic acid groups (broad SMARTS) is 1. The van der Waals surface area contributed by atoms with E-state index in [1.165, 1.54) is 12.8 Å². The molecule has 3 heteroatoms. The van der Waals surface area contributed by atoms with Crippen LogP contribution < -0.4 is 0 Å². The van der Waals surface area contributed by atoms with Gasteiger partial charge in [-0.2, -0.15) is 0 Å². The Kier molecular flexibility index (Phi) is 22.6. The molecule has 0 aliphatic carbocycles. The van der Waals surface area contributed by atoms with E-state index in [0.29, 0.717) is 11.8 Å². The second-order valence-electron chi connectivity index (χ2n) is 7.40. The van der Waals surface area contributed by atoms with Gasteiger partial charge in [0.1, 0.15) is 0 Å². The summed E-state index contributed by atoms with van der Waals surface area (Å²) in [5.41, 5.74) is 0. The molecule has 0 amide bonds. The molecule has 2 unspecified atom stereocenters. The van der Waals surface area contributed by atoms with Crippen molar-refractivity contribution in [2.24, 2.45) is 11.8 Å². The summed E-state index contributed by atoms with van der Waals surface area (Å²) in [6.07, 6.45) is 21.5. The van der Waals surface area contributed by atoms with Crippen molar-refractivity contribution in [3.05, 3.63) is 36.5 Å². The zero-order valence-corrected chi connectivity index (χ0v) is 19.1. The lowest BCUT2D eigenvalue weighted by atomic mass is 9.87. The SMILES string of the molecule is CC.CCCCCC(O)/C=C/C=C\C/C=C\CCC(C)[C@@H](C)CCCC(=O)O. The molecule has 0 aromatic rings. The Morgan fingerprint density at radius 2 is 1.57 bits per heavy atom. The van der Waals surface area contributed by atoms with Gasteiger partial charge in [0.05, 0.1) is 6.10 Å². The van der Waals surface area contributed by atoms with Gasteiger partial charge >= 0.3 is 5.97 Å². The number of hydrogen-bond acceptors (Lipinski definition) is 2. The highest BCUT2D eigenvalue weighted by atomic mass is 16.4. The molecule has 0 rings (SSSR count). The molecule has 0 saturated heterocycles. The van der Waals surface area contributed by atoms with Crippen LogP contribution in [0.5, 0.6) is 0 Å². The highest BCUT2D eigenvalue weighted by molar-refractivity contribution is 5.66. The van der Waals surface area contributed by atoms with Crippen LogP contribution in [0.15, 0.2) is 36.5 Å². The van der Waals surface area contributed by atoms with Crippen molar-refractivity contribution in [2.45, 2.75) is 105 Å². The lowest BCUT2D eigenvalue weighted by Crippen LogP contribution is -2.08. The molecule has 0 aromatic heterocycles. The number of hydrogen-bond donors (Lipinski definition) is 2. The van der Waals surface area contributed by atoms with Crippen molar-refractivity contribution in [1.82, 2.24) is 0 Å². The maximum Gasteiger partial charge on any atom is 0.303 e. The van der Waals surface area contributed by atoms with Gasteiger partial charge in [0.2, 0.25) is 0 Å². The van der Waals surface area contributed by atoms with Crippen molar-refractivity contribution in [3.8, 4) is 0 Å². The number of allylic oxidation sites excluding steroid dienone is 5. The molecule has 0 radical (unpaired) electrons. The third-order valence-corrected chi connectivity index (χ3v) is 4.93. The first-order valence-electron chi connectivity index (χ1n) is 11.4. The van der Waals surface area contributed by atoms with Gasteiger partial charge in [0.15, 0.2) is 0 Å². The van der Waals surface area contributed by atoms with E-state index >= 15 is 0 Å². The van der Waals surface area contributed by atoms with Gasteiger partial charge in [-0.05, 0) is 50.4 Å². The summed E-state index contributed by atoms with van der Waals surface area (Å²) in [4.78, 5) is 10.5. The highest BCUT2D eigenvalue weighted by Gasteiger charge is 2.11. The molecule has 0 saturated carbocycles. The van der Waals surface area contributed by atoms with Crippen LogP contribution in [0.4, 0.5) is 0 Å². The van der Waals surface area contributed by atoms with Crippen LogP contribution in [0, 0.1) is 11.8 Å². The second-order valence-corrected chi connectivity index (χ2v) is 7.40. The molecule has 28 heavy (non-hydrogen) atoms. The maximum absolute atomic E-state index is 10.5. The van der Waals surface area contributed by atoms with E-state index in [1.54, 1.807) is 0 Å². The quantitative estimate of drug-likeness (QED) is 0.164. The smallest absolute Gasteiger partial charge is 0.303 e. The Labute approximate surface area is 174 Å². The number of rotatable bonds is 16. The second kappa shape index (κ2) is 21.9. The highest BCUT2D eigenvalue weighted by Crippen LogP contribution is 2.22. The largest absolute Gasteiger partial charge is 0.481 e. The van der Waals surface area contributed by atoms with Gasteiger partial charge in [-0.25, -0.2) is 0 Å². The summed E-state index contributed by atoms with van der Waals surface area (Å²) in [7, 11) is 0. The summed E-state index contributed by atoms with van der Waals surface area (Å²) in [6, 6.07) is 0. The van der Waals surface area contributed by atoms with E-state index < -0.39 is 5.97 Å². The van der Waals surface area contributed by atoms with Crippen molar-refractivity contribution >= 4 is 5.97 Å². The van der Waals surface area contributed by atoms with Crippen LogP contribution >= 0.6 is 0 Å². The number of unbranched alkanes of at least 4 members (excludes halogenated alkanes) is 2. The molecule has 0 bridgehead atoms. The minimum Gasteiger partial charge on any atom is -0.481 e. The van der Waals surface area contributed by atoms with Crippen LogP contribution in [0.25, 0.3) is 0 Å². The van der Waals surface area contributed by atoms with Crippen LogP contribution in [0.1, 0.15) is 98.8 Å². The van der Waals surface area contributed by atoms with Gasteiger partial charge in [0, 0.05) is 6.42 Å². The number of carbonyl (C=O) groups is 1. The summed E-state index contributed by atoms with van der Waals surface area (Å²) in [5.74, 6) is 0.513. The predicted molar refractivity (Wildman–Crippen MR) is 123 cm³/mol. The van der Waals surface area contributed by atoms with Crippen molar-refractivity contribution in [2.75, 3.05) is 0 Å². The first-order valence-corrected chi connectivity index (χ1v) is 11.4. The Bertz CT molecular complexity index is 424. The van der Waals surface area contributed by atoms with E-state index in [0.717, 1.165) is 44.9 Å². The molecule has 0 aliphatic rings. The summed E-state index contributed by atoms with van der Waals surface area (Å²) < 4.78 is 0. The topological polar surface area (TPSA) is 57.5 Å². The zero-order chi connectivity index (χ0) is 21.6. The van der Waals surface area contributed by atoms with E-state index in [2.05, 4.69) is 39.0 Å². The number of aliphatic hydroxyl groups is 1. The van der Waals surface area contributed by atoms with Gasteiger partial charge in [-0.1, -0.05) is 90.3 Å². The first kappa shape index (κ1) is 28.9. The molecule has 0 heterocycles. The maximum atomic E-state index is 10.5. The van der Waals surface area contributed by atoms with Gasteiger partial charge in [-0.15, -0.1) is 0 Å². The molecule has 3 nitrogen and oxygen atoms in total. The van der Waals surface area contributed by atoms with Crippen LogP contribution in [0.2, 0.25) is 0 Å². The molecule has 0 spiro atoms. The Morgan fingerprint density at radius 1 is 0.893 bits per heavy atom. The Balaban J connectivity index is 0. The molecular formula is C25H46O3. The van der Waals surface area contributed by atoms with E-state index in [9.17, 15) is 9.90 Å². The van der Waals surface area contributed by atoms with Crippen molar-refractivity contribution < 1.29 is 15.0 Å². The molecule has 3 atom stereocenters. The number of carboxylic acids is 1. The molecule has 0 aromatic carbocycles. The summed E-state index contributed by atoms with van der Waals surface area (Å²) in [6.45, 7) is 10.7. The summed E-state index contributed by atoms with van der Waals surface area (Å²) >= 11 is 0. The van der Waals surface area contributed by atoms with Crippen molar-refractivity contribution in [3.63, 3.8) is 0 Å². The molecule has 0 fully saturated rings. The van der Waals surface area contributed by atoms with Gasteiger partial charge < -0.3 is 10.2 Å². The van der Waals surface area contributed by atoms with E-state index in [1.807, 2.05) is 32.1 Å². The molecule has 164 valence electrons. The third-order valence-electron chi connectivity index (χ3n) is 4.93. The first-order chi connectivity index (χ1) is 13.5. The standard InChI is InChI=1S/C23H40O3.C2H6/c1-4-5-11-17-22(24)18-13-10-8-6-7-9-12-15-20(2)21(3)16-14-19-23(25)26;1-2/h7-10,13,18,20-22,24H,4-6,11-12,14-17,19H2,1-3H3,(H,25,26);1-2H3/b9-7-,10-8-,18-13+;/t20?,21-,22?;/m0./s1. The predicted octanol–water partition coefficient (Wildman–Crippen LogP) is 7.32. The van der Waals surface area contributed by atoms with Crippen molar-refractivity contribution in [1.29, 1.82) is 0 Å². The molecule has 2 N–H and O–H groups in total. The Morgan fingerprint density at radius 3 is 2.21 bits per heavy atom. The van der Waals surface area contributed by atoms with E-state index in [4.69, 9.17) is 5.11 Å². The Hall–Kier alpha value is -1.35. The molecule has 0 aliphatic heterocycles. The lowest BCUT2D eigenvalue weighted by molar-refractivity contribution is -0.137. The number of aliphatic carboxylic acids is 1. The fourth-order valence-corrected chi connectivity index (χ4v) is 2.85. The minimum absolute atomic E-state index is 0.285. The monoisotopic (exact) mass is 394 g/mol. The van der Waals surface area contributed by atoms with Crippen LogP contribution in [-0.4, -0.2) is 22.3 Å². The fraction of sp³-hybridized carbons (Fsp3) is 0.720. The minimum atomic E-state index is -0.693. The lowest BCUT2D eigenvalue weighted by Gasteiger charge is -2.18. The van der Waals surface area contributed by atoms with Crippen LogP contribution in [0.3, 0.4) is 0 Å². The average molecular weight is 395 g/mol. The number of aliphatic hydroxyl groups excluding tert-OH is 1. The van der Waals surface area contributed by atoms with Crippen LogP contribution in [-0.2, 0) is 4.79 Å². The summed E-state index contributed by atoms with van der Waals surface area (Å²) in [5, 5.41) is 18.4. The van der Waals surface area contributed by atoms with Gasteiger partial charge in [0.25, 0.3) is 0 Å². The fourth-order valence-electron chi connectivity index (χ4n) is 2.85. The zero-order valence-electron chi connectivity index (χ0n) is 19.1. The average Bonchev–Trinajstić information content (AvgIpc) is 2.67. The van der Waals surface area contributed by atoms with Gasteiger partial charge in [-0.3, -0.25) is 4.79 Å². The van der Waals surface area contributed by atoms with E-state index in [-0.39, 0.29) is 12.5 Å². The third kappa shape index (κ3) is 21.0.